The number of nitrogens with one attached hydrogen (secondary N) is 1. The summed E-state index contributed by atoms with van der Waals surface area (Å²) in [4.78, 5) is 11.1. The van der Waals surface area contributed by atoms with Crippen LogP contribution in [0, 0.1) is 0 Å². The Morgan fingerprint density at radius 1 is 1.24 bits per heavy atom. The van der Waals surface area contributed by atoms with Crippen LogP contribution in [0.25, 0.3) is 0 Å². The lowest BCUT2D eigenvalue weighted by Gasteiger charge is -2.02. The van der Waals surface area contributed by atoms with Gasteiger partial charge in [0.1, 0.15) is 12.2 Å². The molecule has 1 amide bonds. The van der Waals surface area contributed by atoms with E-state index in [1.54, 1.807) is 6.92 Å². The zero-order valence-electron chi connectivity index (χ0n) is 12.2. The highest BCUT2D eigenvalue weighted by Gasteiger charge is 2.26. The van der Waals surface area contributed by atoms with E-state index in [4.69, 9.17) is 14.2 Å². The van der Waals surface area contributed by atoms with Crippen LogP contribution in [0.15, 0.2) is 42.5 Å². The third-order valence-electron chi connectivity index (χ3n) is 2.83. The molecule has 2 aliphatic heterocycles. The molecule has 2 atom stereocenters. The average Bonchev–Trinajstić information content (AvgIpc) is 3.35. The summed E-state index contributed by atoms with van der Waals surface area (Å²) in [6.07, 6.45) is 0.785. The number of para-hydroxylation sites is 1. The van der Waals surface area contributed by atoms with Crippen LogP contribution in [-0.2, 0) is 19.0 Å². The number of rotatable bonds is 6. The summed E-state index contributed by atoms with van der Waals surface area (Å²) in [6.45, 7) is 8.48. The van der Waals surface area contributed by atoms with Gasteiger partial charge in [-0.15, -0.1) is 0 Å². The topological polar surface area (TPSA) is 63.4 Å². The number of benzene rings is 1. The van der Waals surface area contributed by atoms with E-state index in [1.807, 2.05) is 30.3 Å². The Balaban J connectivity index is 0.000000159. The maximum Gasteiger partial charge on any atom is 0.250 e. The molecule has 0 radical (unpaired) electrons. The van der Waals surface area contributed by atoms with E-state index >= 15 is 0 Å². The molecule has 2 fully saturated rings. The summed E-state index contributed by atoms with van der Waals surface area (Å²) in [6, 6.07) is 9.31. The number of ether oxygens (including phenoxy) is 3. The van der Waals surface area contributed by atoms with Gasteiger partial charge in [0.05, 0.1) is 26.4 Å². The number of carbonyl (C=O) groups excluding carboxylic acids is 1. The first kappa shape index (κ1) is 15.7. The lowest BCUT2D eigenvalue weighted by Crippen LogP contribution is -2.11. The molecule has 0 aliphatic carbocycles. The van der Waals surface area contributed by atoms with Gasteiger partial charge in [0.2, 0.25) is 0 Å². The van der Waals surface area contributed by atoms with Gasteiger partial charge in [-0.2, -0.15) is 0 Å². The standard InChI is InChI=1S/C10H11NO.C6H10O3/c1-8(2)10(12)11-9-6-4-3-5-7-9;1(5-3-8-5)7-2-6-4-9-6/h3-7H,1H2,2H3,(H,11,12);5-6H,1-4H2. The summed E-state index contributed by atoms with van der Waals surface area (Å²) in [5.74, 6) is -0.138. The molecule has 21 heavy (non-hydrogen) atoms. The van der Waals surface area contributed by atoms with Gasteiger partial charge in [-0.25, -0.2) is 0 Å². The Labute approximate surface area is 124 Å². The van der Waals surface area contributed by atoms with E-state index in [0.717, 1.165) is 32.1 Å². The Hall–Kier alpha value is -1.69. The fourth-order valence-corrected chi connectivity index (χ4v) is 1.42. The molecular formula is C16H21NO4. The summed E-state index contributed by atoms with van der Waals surface area (Å²) in [5.41, 5.74) is 1.31. The highest BCUT2D eigenvalue weighted by molar-refractivity contribution is 6.02. The molecule has 1 aromatic carbocycles. The highest BCUT2D eigenvalue weighted by atomic mass is 16.6. The van der Waals surface area contributed by atoms with Crippen LogP contribution in [-0.4, -0.2) is 44.5 Å². The number of amides is 1. The SMILES string of the molecule is C(OCC1CO1)C1CO1.C=C(C)C(=O)Nc1ccccc1. The minimum absolute atomic E-state index is 0.138. The number of hydrogen-bond donors (Lipinski definition) is 1. The third-order valence-corrected chi connectivity index (χ3v) is 2.83. The summed E-state index contributed by atoms with van der Waals surface area (Å²) < 4.78 is 15.1. The molecule has 2 unspecified atom stereocenters. The second kappa shape index (κ2) is 7.93. The van der Waals surface area contributed by atoms with Crippen molar-refractivity contribution >= 4 is 11.6 Å². The number of epoxide rings is 2. The average molecular weight is 291 g/mol. The van der Waals surface area contributed by atoms with Crippen LogP contribution in [0.5, 0.6) is 0 Å². The number of carbonyl (C=O) groups is 1. The highest BCUT2D eigenvalue weighted by Crippen LogP contribution is 2.12. The van der Waals surface area contributed by atoms with Crippen molar-refractivity contribution in [3.05, 3.63) is 42.5 Å². The van der Waals surface area contributed by atoms with Gasteiger partial charge < -0.3 is 19.5 Å². The third kappa shape index (κ3) is 7.04. The van der Waals surface area contributed by atoms with Crippen molar-refractivity contribution in [2.75, 3.05) is 31.7 Å². The summed E-state index contributed by atoms with van der Waals surface area (Å²) in [7, 11) is 0. The van der Waals surface area contributed by atoms with E-state index in [1.165, 1.54) is 0 Å². The zero-order valence-corrected chi connectivity index (χ0v) is 12.2. The minimum Gasteiger partial charge on any atom is -0.376 e. The van der Waals surface area contributed by atoms with Gasteiger partial charge in [-0.1, -0.05) is 24.8 Å². The molecular weight excluding hydrogens is 270 g/mol. The van der Waals surface area contributed by atoms with Gasteiger partial charge in [-0.3, -0.25) is 4.79 Å². The molecule has 0 aromatic heterocycles. The first-order chi connectivity index (χ1) is 10.1. The lowest BCUT2D eigenvalue weighted by atomic mass is 10.3. The van der Waals surface area contributed by atoms with Crippen LogP contribution in [0.3, 0.4) is 0 Å². The van der Waals surface area contributed by atoms with E-state index in [-0.39, 0.29) is 5.91 Å². The predicted molar refractivity (Wildman–Crippen MR) is 80.2 cm³/mol. The molecule has 3 rings (SSSR count). The second-order valence-corrected chi connectivity index (χ2v) is 5.05. The Kier molecular flexibility index (Phi) is 5.92. The van der Waals surface area contributed by atoms with Gasteiger partial charge >= 0.3 is 0 Å². The van der Waals surface area contributed by atoms with Crippen molar-refractivity contribution in [3.63, 3.8) is 0 Å². The number of hydrogen-bond acceptors (Lipinski definition) is 4. The Bertz CT molecular complexity index is 454. The predicted octanol–water partition coefficient (Wildman–Crippen LogP) is 2.00. The summed E-state index contributed by atoms with van der Waals surface area (Å²) in [5, 5.41) is 2.70. The van der Waals surface area contributed by atoms with Crippen molar-refractivity contribution < 1.29 is 19.0 Å². The van der Waals surface area contributed by atoms with E-state index < -0.39 is 0 Å². The fourth-order valence-electron chi connectivity index (χ4n) is 1.42. The molecule has 0 saturated carbocycles. The van der Waals surface area contributed by atoms with Crippen molar-refractivity contribution in [1.29, 1.82) is 0 Å². The van der Waals surface area contributed by atoms with Crippen molar-refractivity contribution in [1.82, 2.24) is 0 Å². The normalized spacial score (nSPS) is 21.8. The van der Waals surface area contributed by atoms with Crippen LogP contribution < -0.4 is 5.32 Å². The molecule has 1 aromatic rings. The zero-order chi connectivity index (χ0) is 15.1. The Morgan fingerprint density at radius 3 is 2.19 bits per heavy atom. The molecule has 2 saturated heterocycles. The van der Waals surface area contributed by atoms with Crippen LogP contribution in [0.2, 0.25) is 0 Å². The minimum atomic E-state index is -0.138. The van der Waals surface area contributed by atoms with Crippen molar-refractivity contribution in [3.8, 4) is 0 Å². The molecule has 2 heterocycles. The van der Waals surface area contributed by atoms with E-state index in [0.29, 0.717) is 17.8 Å². The smallest absolute Gasteiger partial charge is 0.250 e. The fraction of sp³-hybridized carbons (Fsp3) is 0.438. The van der Waals surface area contributed by atoms with Crippen molar-refractivity contribution in [2.45, 2.75) is 19.1 Å². The largest absolute Gasteiger partial charge is 0.376 e. The van der Waals surface area contributed by atoms with Crippen LogP contribution >= 0.6 is 0 Å². The van der Waals surface area contributed by atoms with E-state index in [2.05, 4.69) is 11.9 Å². The molecule has 0 bridgehead atoms. The maximum absolute atomic E-state index is 11.1. The molecule has 5 nitrogen and oxygen atoms in total. The van der Waals surface area contributed by atoms with Gasteiger partial charge in [0.25, 0.3) is 5.91 Å². The molecule has 0 spiro atoms. The van der Waals surface area contributed by atoms with Gasteiger partial charge in [0, 0.05) is 11.3 Å². The van der Waals surface area contributed by atoms with Crippen LogP contribution in [0.1, 0.15) is 6.92 Å². The quantitative estimate of drug-likeness (QED) is 0.643. The van der Waals surface area contributed by atoms with E-state index in [9.17, 15) is 4.79 Å². The first-order valence-electron chi connectivity index (χ1n) is 6.98. The Morgan fingerprint density at radius 2 is 1.76 bits per heavy atom. The molecule has 5 heteroatoms. The monoisotopic (exact) mass is 291 g/mol. The lowest BCUT2D eigenvalue weighted by molar-refractivity contribution is -0.112. The summed E-state index contributed by atoms with van der Waals surface area (Å²) >= 11 is 0. The van der Waals surface area contributed by atoms with Gasteiger partial charge in [0.15, 0.2) is 0 Å². The van der Waals surface area contributed by atoms with Crippen molar-refractivity contribution in [2.24, 2.45) is 0 Å². The first-order valence-corrected chi connectivity index (χ1v) is 6.98. The molecule has 114 valence electrons. The molecule has 2 aliphatic rings. The van der Waals surface area contributed by atoms with Gasteiger partial charge in [-0.05, 0) is 19.1 Å². The maximum atomic E-state index is 11.1. The second-order valence-electron chi connectivity index (χ2n) is 5.05. The number of anilines is 1. The van der Waals surface area contributed by atoms with Crippen LogP contribution in [0.4, 0.5) is 5.69 Å². The molecule has 1 N–H and O–H groups in total.